The van der Waals surface area contributed by atoms with Crippen LogP contribution in [-0.4, -0.2) is 30.6 Å². The van der Waals surface area contributed by atoms with Gasteiger partial charge in [0.05, 0.1) is 23.5 Å². The van der Waals surface area contributed by atoms with Crippen molar-refractivity contribution in [3.05, 3.63) is 263 Å². The van der Waals surface area contributed by atoms with E-state index in [4.69, 9.17) is 28.6 Å². The molecule has 2 heterocycles. The standard InChI is InChI=1S/C73H62N12S2/c74-82-76-47-19-3-1-17-45-73(46-18-2-4-20-48-77-83-75)67-49-53(63-43-41-61(69-71(63)80-86-78-69)51-29-35-59(36-30-51)84(55-21-9-5-10-22-55)56-23-11-6-12-24-56)33-39-65(67)66-40-34-54(50-68(66)73)64-44-42-62(70-72(64)81-87-79-70)52-31-37-60(38-32-52)85(57-25-13-7-14-26-57)58-27-15-8-16-28-58/h5-16,21-44,49-50H,1-4,17-20,45-48H2. The molecule has 87 heavy (non-hydrogen) atoms. The van der Waals surface area contributed by atoms with Crippen LogP contribution in [0.1, 0.15) is 75.3 Å². The molecule has 12 nitrogen and oxygen atoms in total. The van der Waals surface area contributed by atoms with Crippen LogP contribution < -0.4 is 9.80 Å². The van der Waals surface area contributed by atoms with Crippen molar-refractivity contribution in [3.63, 3.8) is 0 Å². The van der Waals surface area contributed by atoms with Crippen molar-refractivity contribution >= 4 is 79.6 Å². The number of para-hydroxylation sites is 4. The Balaban J connectivity index is 0.862. The van der Waals surface area contributed by atoms with E-state index in [9.17, 15) is 0 Å². The fourth-order valence-electron chi connectivity index (χ4n) is 13.0. The van der Waals surface area contributed by atoms with Crippen molar-refractivity contribution in [2.24, 2.45) is 10.2 Å². The highest BCUT2D eigenvalue weighted by Gasteiger charge is 2.43. The third-order valence-electron chi connectivity index (χ3n) is 17.1. The van der Waals surface area contributed by atoms with Crippen LogP contribution in [0.4, 0.5) is 34.1 Å². The summed E-state index contributed by atoms with van der Waals surface area (Å²) in [5.74, 6) is 0. The molecule has 0 N–H and O–H groups in total. The Labute approximate surface area is 515 Å². The predicted molar refractivity (Wildman–Crippen MR) is 360 cm³/mol. The van der Waals surface area contributed by atoms with Crippen molar-refractivity contribution in [1.29, 1.82) is 0 Å². The summed E-state index contributed by atoms with van der Waals surface area (Å²) in [5.41, 5.74) is 41.6. The number of nitrogens with zero attached hydrogens (tertiary/aromatic N) is 12. The molecule has 0 amide bonds. The van der Waals surface area contributed by atoms with Crippen LogP contribution in [0.5, 0.6) is 0 Å². The second-order valence-corrected chi connectivity index (χ2v) is 23.2. The Hall–Kier alpha value is -9.94. The summed E-state index contributed by atoms with van der Waals surface area (Å²) >= 11 is 2.52. The minimum absolute atomic E-state index is 0.324. The van der Waals surface area contributed by atoms with E-state index < -0.39 is 0 Å². The first-order valence-corrected chi connectivity index (χ1v) is 31.4. The number of rotatable bonds is 24. The number of azide groups is 2. The van der Waals surface area contributed by atoms with Gasteiger partial charge in [-0.05, 0) is 166 Å². The summed E-state index contributed by atoms with van der Waals surface area (Å²) in [6.45, 7) is 1.01. The van der Waals surface area contributed by atoms with Gasteiger partial charge in [-0.15, -0.1) is 0 Å². The largest absolute Gasteiger partial charge is 0.311 e. The zero-order valence-electron chi connectivity index (χ0n) is 48.1. The molecule has 10 aromatic carbocycles. The van der Waals surface area contributed by atoms with E-state index in [0.717, 1.165) is 165 Å². The molecule has 0 bridgehead atoms. The van der Waals surface area contributed by atoms with Gasteiger partial charge in [-0.25, -0.2) is 0 Å². The van der Waals surface area contributed by atoms with Crippen LogP contribution in [0.25, 0.3) is 98.6 Å². The SMILES string of the molecule is [N-]=[N+]=NCCCCCCC1(CCCCCCN=[N+]=[N-])c2cc(-c3ccc(-c4ccc(N(c5ccccc5)c5ccccc5)cc4)c4nsnc34)ccc2-c2ccc(-c3ccc(-c4ccc(N(c5ccccc5)c5ccccc5)cc4)c4nsnc34)cc21. The average molecular weight is 1170 g/mol. The van der Waals surface area contributed by atoms with Crippen LogP contribution in [0, 0.1) is 0 Å². The van der Waals surface area contributed by atoms with Gasteiger partial charge in [-0.3, -0.25) is 0 Å². The van der Waals surface area contributed by atoms with Crippen LogP contribution in [0.2, 0.25) is 0 Å². The molecule has 0 aliphatic heterocycles. The van der Waals surface area contributed by atoms with Crippen LogP contribution in [-0.2, 0) is 5.41 Å². The zero-order valence-corrected chi connectivity index (χ0v) is 49.7. The molecule has 13 rings (SSSR count). The fraction of sp³-hybridized carbons (Fsp3) is 0.178. The lowest BCUT2D eigenvalue weighted by atomic mass is 9.70. The van der Waals surface area contributed by atoms with E-state index in [1.165, 1.54) is 45.7 Å². The minimum atomic E-state index is -0.324. The number of hydrogen-bond donors (Lipinski definition) is 0. The molecule has 0 saturated heterocycles. The summed E-state index contributed by atoms with van der Waals surface area (Å²) in [6, 6.07) is 82.5. The summed E-state index contributed by atoms with van der Waals surface area (Å²) < 4.78 is 20.0. The molecule has 0 radical (unpaired) electrons. The molecular weight excluding hydrogens is 1110 g/mol. The third-order valence-corrected chi connectivity index (χ3v) is 18.2. The van der Waals surface area contributed by atoms with Crippen molar-refractivity contribution in [3.8, 4) is 55.6 Å². The highest BCUT2D eigenvalue weighted by molar-refractivity contribution is 7.00. The van der Waals surface area contributed by atoms with Gasteiger partial charge in [0.2, 0.25) is 0 Å². The Morgan fingerprint density at radius 3 is 0.943 bits per heavy atom. The summed E-state index contributed by atoms with van der Waals surface area (Å²) in [6.07, 6.45) is 9.64. The number of benzene rings is 10. The van der Waals surface area contributed by atoms with Gasteiger partial charge >= 0.3 is 0 Å². The number of unbranched alkanes of at least 4 members (excludes halogenated alkanes) is 6. The van der Waals surface area contributed by atoms with Crippen molar-refractivity contribution in [1.82, 2.24) is 17.5 Å². The Kier molecular flexibility index (Phi) is 16.9. The molecular formula is C73H62N12S2. The van der Waals surface area contributed by atoms with E-state index in [1.54, 1.807) is 0 Å². The lowest BCUT2D eigenvalue weighted by molar-refractivity contribution is 0.400. The summed E-state index contributed by atoms with van der Waals surface area (Å²) in [7, 11) is 0. The van der Waals surface area contributed by atoms with Crippen LogP contribution in [0.3, 0.4) is 0 Å². The topological polar surface area (TPSA) is 156 Å². The maximum atomic E-state index is 9.03. The summed E-state index contributed by atoms with van der Waals surface area (Å²) in [4.78, 5) is 10.6. The smallest absolute Gasteiger partial charge is 0.113 e. The highest BCUT2D eigenvalue weighted by atomic mass is 32.1. The van der Waals surface area contributed by atoms with Gasteiger partial charge in [-0.1, -0.05) is 194 Å². The van der Waals surface area contributed by atoms with Gasteiger partial charge in [0, 0.05) is 84.7 Å². The molecule has 1 aliphatic carbocycles. The Morgan fingerprint density at radius 1 is 0.322 bits per heavy atom. The zero-order chi connectivity index (χ0) is 58.8. The Bertz CT molecular complexity index is 4060. The molecule has 14 heteroatoms. The highest BCUT2D eigenvalue weighted by Crippen LogP contribution is 2.56. The van der Waals surface area contributed by atoms with Gasteiger partial charge in [0.1, 0.15) is 22.1 Å². The monoisotopic (exact) mass is 1170 g/mol. The van der Waals surface area contributed by atoms with Crippen LogP contribution >= 0.6 is 23.5 Å². The third kappa shape index (κ3) is 11.5. The average Bonchev–Trinajstić information content (AvgIpc) is 1.63. The molecule has 426 valence electrons. The molecule has 12 aromatic rings. The molecule has 0 spiro atoms. The Morgan fingerprint density at radius 2 is 0.609 bits per heavy atom. The predicted octanol–water partition coefficient (Wildman–Crippen LogP) is 22.1. The number of hydrogen-bond acceptors (Lipinski definition) is 10. The number of anilines is 6. The lowest BCUT2D eigenvalue weighted by Gasteiger charge is -2.33. The van der Waals surface area contributed by atoms with E-state index >= 15 is 0 Å². The first-order chi connectivity index (χ1) is 43.1. The number of fused-ring (bicyclic) bond motifs is 5. The molecule has 0 atom stereocenters. The van der Waals surface area contributed by atoms with Crippen molar-refractivity contribution in [2.45, 2.75) is 69.6 Å². The van der Waals surface area contributed by atoms with E-state index in [-0.39, 0.29) is 5.41 Å². The maximum absolute atomic E-state index is 9.03. The van der Waals surface area contributed by atoms with Crippen LogP contribution in [0.15, 0.2) is 241 Å². The van der Waals surface area contributed by atoms with Crippen molar-refractivity contribution < 1.29 is 0 Å². The van der Waals surface area contributed by atoms with Crippen molar-refractivity contribution in [2.75, 3.05) is 22.9 Å². The quantitative estimate of drug-likeness (QED) is 0.0254. The van der Waals surface area contributed by atoms with Gasteiger partial charge in [-0.2, -0.15) is 17.5 Å². The first kappa shape index (κ1) is 56.2. The van der Waals surface area contributed by atoms with Gasteiger partial charge in [0.25, 0.3) is 0 Å². The lowest BCUT2D eigenvalue weighted by Crippen LogP contribution is -2.25. The summed E-state index contributed by atoms with van der Waals surface area (Å²) in [5, 5.41) is 7.70. The molecule has 0 saturated carbocycles. The van der Waals surface area contributed by atoms with E-state index in [0.29, 0.717) is 13.1 Å². The molecule has 1 aliphatic rings. The second kappa shape index (κ2) is 26.1. The number of aromatic nitrogens is 4. The first-order valence-electron chi connectivity index (χ1n) is 29.9. The molecule has 0 unspecified atom stereocenters. The molecule has 2 aromatic heterocycles. The normalized spacial score (nSPS) is 12.1. The van der Waals surface area contributed by atoms with Gasteiger partial charge < -0.3 is 9.80 Å². The van der Waals surface area contributed by atoms with E-state index in [2.05, 4.69) is 236 Å². The fourth-order valence-corrected chi connectivity index (χ4v) is 14.1. The minimum Gasteiger partial charge on any atom is -0.311 e. The molecule has 0 fully saturated rings. The van der Waals surface area contributed by atoms with E-state index in [1.807, 2.05) is 24.3 Å². The van der Waals surface area contributed by atoms with Gasteiger partial charge in [0.15, 0.2) is 0 Å². The maximum Gasteiger partial charge on any atom is 0.113 e. The second-order valence-electron chi connectivity index (χ2n) is 22.2.